The molecule has 2 N–H and O–H groups in total. The highest BCUT2D eigenvalue weighted by Gasteiger charge is 2.10. The lowest BCUT2D eigenvalue weighted by atomic mass is 10.2. The van der Waals surface area contributed by atoms with Gasteiger partial charge in [-0.05, 0) is 12.8 Å². The zero-order valence-corrected chi connectivity index (χ0v) is 9.68. The van der Waals surface area contributed by atoms with E-state index in [1.165, 1.54) is 0 Å². The summed E-state index contributed by atoms with van der Waals surface area (Å²) in [6.07, 6.45) is 1.86. The second-order valence-corrected chi connectivity index (χ2v) is 3.88. The maximum absolute atomic E-state index is 13.2. The van der Waals surface area contributed by atoms with Gasteiger partial charge >= 0.3 is 5.97 Å². The number of rotatable bonds is 7. The van der Waals surface area contributed by atoms with Gasteiger partial charge in [0, 0.05) is 25.1 Å². The Kier molecular flexibility index (Phi) is 5.48. The summed E-state index contributed by atoms with van der Waals surface area (Å²) in [5.74, 6) is -4.05. The lowest BCUT2D eigenvalue weighted by Gasteiger charge is -2.08. The monoisotopic (exact) mass is 261 g/mol. The molecule has 0 fully saturated rings. The van der Waals surface area contributed by atoms with Crippen LogP contribution in [0.4, 0.5) is 18.9 Å². The van der Waals surface area contributed by atoms with Crippen LogP contribution in [-0.2, 0) is 4.79 Å². The Bertz CT molecular complexity index is 424. The maximum Gasteiger partial charge on any atom is 0.303 e. The van der Waals surface area contributed by atoms with E-state index >= 15 is 0 Å². The van der Waals surface area contributed by atoms with E-state index in [9.17, 15) is 18.0 Å². The van der Waals surface area contributed by atoms with Crippen molar-refractivity contribution in [2.75, 3.05) is 11.9 Å². The predicted octanol–water partition coefficient (Wildman–Crippen LogP) is 3.16. The highest BCUT2D eigenvalue weighted by molar-refractivity contribution is 5.66. The Morgan fingerprint density at radius 3 is 2.56 bits per heavy atom. The molecule has 0 atom stereocenters. The molecule has 18 heavy (non-hydrogen) atoms. The molecule has 3 nitrogen and oxygen atoms in total. The van der Waals surface area contributed by atoms with Crippen LogP contribution in [0.2, 0.25) is 0 Å². The van der Waals surface area contributed by atoms with E-state index in [0.717, 1.165) is 6.07 Å². The van der Waals surface area contributed by atoms with Gasteiger partial charge in [-0.3, -0.25) is 4.79 Å². The highest BCUT2D eigenvalue weighted by atomic mass is 19.2. The largest absolute Gasteiger partial charge is 0.481 e. The zero-order chi connectivity index (χ0) is 13.5. The summed E-state index contributed by atoms with van der Waals surface area (Å²) in [6, 6.07) is 1.36. The Balaban J connectivity index is 2.33. The number of benzene rings is 1. The average molecular weight is 261 g/mol. The number of aliphatic carboxylic acids is 1. The molecule has 0 saturated heterocycles. The molecule has 0 spiro atoms. The van der Waals surface area contributed by atoms with Gasteiger partial charge in [0.2, 0.25) is 0 Å². The van der Waals surface area contributed by atoms with Crippen molar-refractivity contribution >= 4 is 11.7 Å². The second-order valence-electron chi connectivity index (χ2n) is 3.88. The van der Waals surface area contributed by atoms with Crippen LogP contribution in [-0.4, -0.2) is 17.6 Å². The molecule has 0 bridgehead atoms. The molecule has 6 heteroatoms. The fraction of sp³-hybridized carbons (Fsp3) is 0.417. The number of unbranched alkanes of at least 4 members (excludes halogenated alkanes) is 2. The van der Waals surface area contributed by atoms with E-state index in [1.807, 2.05) is 0 Å². The number of carboxylic acid groups (broad SMARTS) is 1. The van der Waals surface area contributed by atoms with E-state index < -0.39 is 23.4 Å². The van der Waals surface area contributed by atoms with E-state index in [2.05, 4.69) is 5.32 Å². The normalized spacial score (nSPS) is 10.4. The Morgan fingerprint density at radius 2 is 1.89 bits per heavy atom. The molecule has 0 amide bonds. The number of carbonyl (C=O) groups is 1. The van der Waals surface area contributed by atoms with Crippen LogP contribution in [0, 0.1) is 17.5 Å². The van der Waals surface area contributed by atoms with Crippen LogP contribution < -0.4 is 5.32 Å². The lowest BCUT2D eigenvalue weighted by Crippen LogP contribution is -2.05. The number of anilines is 1. The fourth-order valence-corrected chi connectivity index (χ4v) is 1.49. The molecule has 0 radical (unpaired) electrons. The Morgan fingerprint density at radius 1 is 1.17 bits per heavy atom. The summed E-state index contributed by atoms with van der Waals surface area (Å²) in [7, 11) is 0. The molecule has 100 valence electrons. The van der Waals surface area contributed by atoms with E-state index in [1.54, 1.807) is 0 Å². The fourth-order valence-electron chi connectivity index (χ4n) is 1.49. The van der Waals surface area contributed by atoms with Gasteiger partial charge in [0.15, 0.2) is 11.6 Å². The van der Waals surface area contributed by atoms with Crippen LogP contribution in [0.5, 0.6) is 0 Å². The first-order chi connectivity index (χ1) is 8.50. The van der Waals surface area contributed by atoms with Crippen molar-refractivity contribution in [3.63, 3.8) is 0 Å². The van der Waals surface area contributed by atoms with Crippen LogP contribution in [0.1, 0.15) is 25.7 Å². The van der Waals surface area contributed by atoms with Gasteiger partial charge in [-0.1, -0.05) is 6.42 Å². The quantitative estimate of drug-likeness (QED) is 0.585. The summed E-state index contributed by atoms with van der Waals surface area (Å²) >= 11 is 0. The van der Waals surface area contributed by atoms with Crippen molar-refractivity contribution < 1.29 is 23.1 Å². The standard InChI is InChI=1S/C12H14F3NO2/c13-8-6-9(14)12(15)10(7-8)16-5-3-1-2-4-11(17)18/h6-7,16H,1-5H2,(H,17,18). The predicted molar refractivity (Wildman–Crippen MR) is 60.9 cm³/mol. The second kappa shape index (κ2) is 6.88. The molecule has 0 aliphatic heterocycles. The van der Waals surface area contributed by atoms with Crippen molar-refractivity contribution in [1.29, 1.82) is 0 Å². The Labute approximate surface area is 103 Å². The summed E-state index contributed by atoms with van der Waals surface area (Å²) in [5, 5.41) is 11.0. The number of halogens is 3. The Hall–Kier alpha value is -1.72. The molecule has 0 unspecified atom stereocenters. The minimum Gasteiger partial charge on any atom is -0.481 e. The van der Waals surface area contributed by atoms with E-state index in [4.69, 9.17) is 5.11 Å². The average Bonchev–Trinajstić information content (AvgIpc) is 2.29. The van der Waals surface area contributed by atoms with Crippen LogP contribution in [0.25, 0.3) is 0 Å². The summed E-state index contributed by atoms with van der Waals surface area (Å²) < 4.78 is 38.8. The maximum atomic E-state index is 13.2. The van der Waals surface area contributed by atoms with Crippen molar-refractivity contribution in [3.05, 3.63) is 29.6 Å². The zero-order valence-electron chi connectivity index (χ0n) is 9.68. The van der Waals surface area contributed by atoms with E-state index in [0.29, 0.717) is 31.9 Å². The minimum atomic E-state index is -1.23. The van der Waals surface area contributed by atoms with Crippen LogP contribution in [0.3, 0.4) is 0 Å². The summed E-state index contributed by atoms with van der Waals surface area (Å²) in [6.45, 7) is 0.333. The number of hydrogen-bond donors (Lipinski definition) is 2. The molecule has 0 aliphatic carbocycles. The molecular formula is C12H14F3NO2. The number of nitrogens with one attached hydrogen (secondary N) is 1. The third kappa shape index (κ3) is 4.65. The SMILES string of the molecule is O=C(O)CCCCCNc1cc(F)cc(F)c1F. The van der Waals surface area contributed by atoms with Gasteiger partial charge in [-0.15, -0.1) is 0 Å². The van der Waals surface area contributed by atoms with Crippen molar-refractivity contribution in [3.8, 4) is 0 Å². The van der Waals surface area contributed by atoms with Gasteiger partial charge in [-0.2, -0.15) is 0 Å². The number of hydrogen-bond acceptors (Lipinski definition) is 2. The third-order valence-electron chi connectivity index (χ3n) is 2.38. The first-order valence-corrected chi connectivity index (χ1v) is 5.61. The third-order valence-corrected chi connectivity index (χ3v) is 2.38. The summed E-state index contributed by atoms with van der Waals surface area (Å²) in [5.41, 5.74) is -0.217. The molecule has 1 aromatic rings. The smallest absolute Gasteiger partial charge is 0.303 e. The minimum absolute atomic E-state index is 0.0863. The van der Waals surface area contributed by atoms with Crippen molar-refractivity contribution in [2.45, 2.75) is 25.7 Å². The molecular weight excluding hydrogens is 247 g/mol. The van der Waals surface area contributed by atoms with Crippen LogP contribution in [0.15, 0.2) is 12.1 Å². The van der Waals surface area contributed by atoms with Crippen molar-refractivity contribution in [2.24, 2.45) is 0 Å². The molecule has 0 saturated carbocycles. The first kappa shape index (κ1) is 14.3. The highest BCUT2D eigenvalue weighted by Crippen LogP contribution is 2.19. The topological polar surface area (TPSA) is 49.3 Å². The molecule has 0 aliphatic rings. The molecule has 1 rings (SSSR count). The summed E-state index contributed by atoms with van der Waals surface area (Å²) in [4.78, 5) is 10.2. The van der Waals surface area contributed by atoms with Gasteiger partial charge in [0.25, 0.3) is 0 Å². The molecule has 0 heterocycles. The van der Waals surface area contributed by atoms with Gasteiger partial charge < -0.3 is 10.4 Å². The van der Waals surface area contributed by atoms with Gasteiger partial charge in [0.05, 0.1) is 5.69 Å². The van der Waals surface area contributed by atoms with E-state index in [-0.39, 0.29) is 12.1 Å². The molecule has 1 aromatic carbocycles. The number of carboxylic acids is 1. The van der Waals surface area contributed by atoms with Gasteiger partial charge in [0.1, 0.15) is 5.82 Å². The van der Waals surface area contributed by atoms with Gasteiger partial charge in [-0.25, -0.2) is 13.2 Å². The van der Waals surface area contributed by atoms with Crippen molar-refractivity contribution in [1.82, 2.24) is 0 Å². The lowest BCUT2D eigenvalue weighted by molar-refractivity contribution is -0.137. The molecule has 0 aromatic heterocycles. The van der Waals surface area contributed by atoms with Crippen LogP contribution >= 0.6 is 0 Å². The first-order valence-electron chi connectivity index (χ1n) is 5.61.